The van der Waals surface area contributed by atoms with Gasteiger partial charge in [0.05, 0.1) is 27.8 Å². The summed E-state index contributed by atoms with van der Waals surface area (Å²) in [6, 6.07) is 8.44. The van der Waals surface area contributed by atoms with Gasteiger partial charge in [0.25, 0.3) is 11.6 Å². The van der Waals surface area contributed by atoms with E-state index in [-0.39, 0.29) is 4.47 Å². The maximum absolute atomic E-state index is 14.0. The van der Waals surface area contributed by atoms with Crippen molar-refractivity contribution < 1.29 is 18.8 Å². The number of nitro groups is 1. The Kier molecular flexibility index (Phi) is 4.71. The van der Waals surface area contributed by atoms with Crippen LogP contribution in [0.1, 0.15) is 10.4 Å². The van der Waals surface area contributed by atoms with Gasteiger partial charge in [-0.1, -0.05) is 12.1 Å². The number of carbonyl (C=O) groups is 1. The van der Waals surface area contributed by atoms with E-state index in [9.17, 15) is 19.3 Å². The number of amides is 1. The Labute approximate surface area is 133 Å². The normalized spacial score (nSPS) is 10.1. The highest BCUT2D eigenvalue weighted by atomic mass is 79.9. The summed E-state index contributed by atoms with van der Waals surface area (Å²) in [5.41, 5.74) is -0.498. The summed E-state index contributed by atoms with van der Waals surface area (Å²) in [6.07, 6.45) is 0. The summed E-state index contributed by atoms with van der Waals surface area (Å²) in [6.45, 7) is 0. The molecule has 2 aromatic carbocycles. The van der Waals surface area contributed by atoms with Gasteiger partial charge in [0.15, 0.2) is 5.82 Å². The Morgan fingerprint density at radius 2 is 2.05 bits per heavy atom. The molecule has 1 N–H and O–H groups in total. The molecule has 0 aliphatic rings. The summed E-state index contributed by atoms with van der Waals surface area (Å²) >= 11 is 2.86. The quantitative estimate of drug-likeness (QED) is 0.657. The molecule has 0 unspecified atom stereocenters. The third-order valence-corrected chi connectivity index (χ3v) is 3.40. The first kappa shape index (κ1) is 15.9. The van der Waals surface area contributed by atoms with Crippen molar-refractivity contribution in [2.75, 3.05) is 12.4 Å². The number of nitro benzene ring substituents is 1. The van der Waals surface area contributed by atoms with Crippen LogP contribution in [0.5, 0.6) is 5.75 Å². The van der Waals surface area contributed by atoms with Gasteiger partial charge in [-0.3, -0.25) is 14.9 Å². The molecule has 0 aromatic heterocycles. The fourth-order valence-electron chi connectivity index (χ4n) is 1.78. The molecule has 0 fully saturated rings. The smallest absolute Gasteiger partial charge is 0.271 e. The number of methoxy groups -OCH3 is 1. The third-order valence-electron chi connectivity index (χ3n) is 2.82. The lowest BCUT2D eigenvalue weighted by molar-refractivity contribution is -0.385. The fraction of sp³-hybridized carbons (Fsp3) is 0.0714. The number of non-ortho nitro benzene ring substituents is 1. The van der Waals surface area contributed by atoms with Crippen LogP contribution >= 0.6 is 15.9 Å². The maximum Gasteiger partial charge on any atom is 0.271 e. The SMILES string of the molecule is COc1ccccc1NC(=O)c1cc([N+](=O)[O-])cc(Br)c1F. The Morgan fingerprint density at radius 1 is 1.36 bits per heavy atom. The number of carbonyl (C=O) groups excluding carboxylic acids is 1. The minimum Gasteiger partial charge on any atom is -0.495 e. The van der Waals surface area contributed by atoms with Gasteiger partial charge in [-0.2, -0.15) is 0 Å². The van der Waals surface area contributed by atoms with Crippen molar-refractivity contribution in [3.63, 3.8) is 0 Å². The van der Waals surface area contributed by atoms with E-state index in [1.807, 2.05) is 0 Å². The molecule has 0 aliphatic heterocycles. The first-order chi connectivity index (χ1) is 10.4. The summed E-state index contributed by atoms with van der Waals surface area (Å²) in [4.78, 5) is 22.3. The number of hydrogen-bond donors (Lipinski definition) is 1. The summed E-state index contributed by atoms with van der Waals surface area (Å²) in [5.74, 6) is -1.30. The highest BCUT2D eigenvalue weighted by molar-refractivity contribution is 9.10. The second kappa shape index (κ2) is 6.52. The molecule has 6 nitrogen and oxygen atoms in total. The zero-order chi connectivity index (χ0) is 16.3. The molecular formula is C14H10BrFN2O4. The van der Waals surface area contributed by atoms with Crippen molar-refractivity contribution in [1.29, 1.82) is 0 Å². The molecule has 22 heavy (non-hydrogen) atoms. The Bertz CT molecular complexity index is 752. The molecule has 0 bridgehead atoms. The maximum atomic E-state index is 14.0. The molecule has 2 rings (SSSR count). The van der Waals surface area contributed by atoms with Crippen LogP contribution in [0.25, 0.3) is 0 Å². The van der Waals surface area contributed by atoms with E-state index in [1.54, 1.807) is 24.3 Å². The first-order valence-corrected chi connectivity index (χ1v) is 6.81. The zero-order valence-electron chi connectivity index (χ0n) is 11.3. The molecule has 1 amide bonds. The van der Waals surface area contributed by atoms with Crippen LogP contribution < -0.4 is 10.1 Å². The van der Waals surface area contributed by atoms with Crippen LogP contribution in [-0.2, 0) is 0 Å². The minimum absolute atomic E-state index is 0.160. The van der Waals surface area contributed by atoms with Crippen LogP contribution in [0.15, 0.2) is 40.9 Å². The van der Waals surface area contributed by atoms with E-state index in [0.29, 0.717) is 11.4 Å². The lowest BCUT2D eigenvalue weighted by Crippen LogP contribution is -2.15. The van der Waals surface area contributed by atoms with Gasteiger partial charge in [0.2, 0.25) is 0 Å². The van der Waals surface area contributed by atoms with Gasteiger partial charge < -0.3 is 10.1 Å². The van der Waals surface area contributed by atoms with Crippen molar-refractivity contribution in [2.45, 2.75) is 0 Å². The van der Waals surface area contributed by atoms with Crippen LogP contribution in [0.3, 0.4) is 0 Å². The lowest BCUT2D eigenvalue weighted by atomic mass is 10.1. The van der Waals surface area contributed by atoms with E-state index < -0.39 is 27.9 Å². The van der Waals surface area contributed by atoms with Crippen LogP contribution in [0.4, 0.5) is 15.8 Å². The van der Waals surface area contributed by atoms with E-state index in [2.05, 4.69) is 21.2 Å². The number of halogens is 2. The molecule has 0 saturated carbocycles. The Balaban J connectivity index is 2.39. The van der Waals surface area contributed by atoms with Gasteiger partial charge in [0, 0.05) is 12.1 Å². The molecule has 0 saturated heterocycles. The van der Waals surface area contributed by atoms with Gasteiger partial charge >= 0.3 is 0 Å². The fourth-order valence-corrected chi connectivity index (χ4v) is 2.23. The number of ether oxygens (including phenoxy) is 1. The standard InChI is InChI=1S/C14H10BrFN2O4/c1-22-12-5-3-2-4-11(12)17-14(19)9-6-8(18(20)21)7-10(15)13(9)16/h2-7H,1H3,(H,17,19). The van der Waals surface area contributed by atoms with Crippen molar-refractivity contribution in [1.82, 2.24) is 0 Å². The second-order valence-corrected chi connectivity index (χ2v) is 5.05. The van der Waals surface area contributed by atoms with E-state index in [0.717, 1.165) is 12.1 Å². The molecule has 8 heteroatoms. The van der Waals surface area contributed by atoms with E-state index in [4.69, 9.17) is 4.74 Å². The molecule has 0 atom stereocenters. The first-order valence-electron chi connectivity index (χ1n) is 6.02. The Hall–Kier alpha value is -2.48. The summed E-state index contributed by atoms with van der Waals surface area (Å²) in [7, 11) is 1.43. The number of nitrogens with zero attached hydrogens (tertiary/aromatic N) is 1. The highest BCUT2D eigenvalue weighted by Gasteiger charge is 2.21. The molecule has 0 spiro atoms. The summed E-state index contributed by atoms with van der Waals surface area (Å²) < 4.78 is 18.9. The third kappa shape index (κ3) is 3.22. The van der Waals surface area contributed by atoms with Gasteiger partial charge in [-0.25, -0.2) is 4.39 Å². The number of hydrogen-bond acceptors (Lipinski definition) is 4. The van der Waals surface area contributed by atoms with Crippen LogP contribution in [0.2, 0.25) is 0 Å². The predicted octanol–water partition coefficient (Wildman–Crippen LogP) is 3.76. The Morgan fingerprint density at radius 3 is 2.68 bits per heavy atom. The number of rotatable bonds is 4. The molecule has 0 aliphatic carbocycles. The topological polar surface area (TPSA) is 81.5 Å². The second-order valence-electron chi connectivity index (χ2n) is 4.20. The molecular weight excluding hydrogens is 359 g/mol. The number of anilines is 1. The van der Waals surface area contributed by atoms with E-state index >= 15 is 0 Å². The predicted molar refractivity (Wildman–Crippen MR) is 81.7 cm³/mol. The van der Waals surface area contributed by atoms with Crippen molar-refractivity contribution >= 4 is 33.2 Å². The summed E-state index contributed by atoms with van der Waals surface area (Å²) in [5, 5.41) is 13.3. The van der Waals surface area contributed by atoms with Crippen LogP contribution in [-0.4, -0.2) is 17.9 Å². The number of benzene rings is 2. The molecule has 0 heterocycles. The van der Waals surface area contributed by atoms with Gasteiger partial charge in [-0.15, -0.1) is 0 Å². The number of nitrogens with one attached hydrogen (secondary N) is 1. The van der Waals surface area contributed by atoms with Crippen LogP contribution in [0, 0.1) is 15.9 Å². The minimum atomic E-state index is -0.877. The molecule has 2 aromatic rings. The monoisotopic (exact) mass is 368 g/mol. The average Bonchev–Trinajstić information content (AvgIpc) is 2.50. The average molecular weight is 369 g/mol. The number of para-hydroxylation sites is 2. The lowest BCUT2D eigenvalue weighted by Gasteiger charge is -2.10. The van der Waals surface area contributed by atoms with Crippen molar-refractivity contribution in [3.8, 4) is 5.75 Å². The molecule has 0 radical (unpaired) electrons. The highest BCUT2D eigenvalue weighted by Crippen LogP contribution is 2.28. The van der Waals surface area contributed by atoms with Gasteiger partial charge in [0.1, 0.15) is 5.75 Å². The van der Waals surface area contributed by atoms with Crippen molar-refractivity contribution in [3.05, 3.63) is 62.4 Å². The molecule has 114 valence electrons. The van der Waals surface area contributed by atoms with E-state index in [1.165, 1.54) is 7.11 Å². The zero-order valence-corrected chi connectivity index (χ0v) is 12.9. The van der Waals surface area contributed by atoms with Gasteiger partial charge in [-0.05, 0) is 28.1 Å². The largest absolute Gasteiger partial charge is 0.495 e. The van der Waals surface area contributed by atoms with Crippen molar-refractivity contribution in [2.24, 2.45) is 0 Å².